The molecule has 1 fully saturated rings. The van der Waals surface area contributed by atoms with Crippen molar-refractivity contribution in [2.24, 2.45) is 0 Å². The molecule has 1 aliphatic heterocycles. The van der Waals surface area contributed by atoms with Crippen molar-refractivity contribution in [3.63, 3.8) is 0 Å². The molecule has 0 aliphatic carbocycles. The second-order valence-corrected chi connectivity index (χ2v) is 4.92. The molecule has 0 radical (unpaired) electrons. The Hall–Kier alpha value is -0.370. The third kappa shape index (κ3) is 5.64. The largest absolute Gasteiger partial charge is 0.375 e. The van der Waals surface area contributed by atoms with Crippen molar-refractivity contribution in [3.8, 4) is 0 Å². The molecule has 0 amide bonds. The highest BCUT2D eigenvalue weighted by Crippen LogP contribution is 2.22. The maximum Gasteiger partial charge on any atom is 0.122 e. The number of ether oxygens (including phenoxy) is 1. The van der Waals surface area contributed by atoms with Crippen molar-refractivity contribution in [3.05, 3.63) is 0 Å². The molecular formula is C14H26O2. The Labute approximate surface area is 99.8 Å². The Bertz CT molecular complexity index is 180. The van der Waals surface area contributed by atoms with Crippen LogP contribution in [0.25, 0.3) is 0 Å². The van der Waals surface area contributed by atoms with Crippen LogP contribution in [-0.4, -0.2) is 18.5 Å². The lowest BCUT2D eigenvalue weighted by atomic mass is 9.99. The Kier molecular flexibility index (Phi) is 7.48. The molecule has 0 bridgehead atoms. The number of rotatable bonds is 6. The van der Waals surface area contributed by atoms with Crippen molar-refractivity contribution in [1.29, 1.82) is 0 Å². The lowest BCUT2D eigenvalue weighted by molar-refractivity contribution is -0.112. The van der Waals surface area contributed by atoms with Crippen LogP contribution in [-0.2, 0) is 9.53 Å². The number of unbranched alkanes of at least 4 members (excludes halogenated alkanes) is 2. The number of carbonyl (C=O) groups excluding carboxylic acids is 1. The second-order valence-electron chi connectivity index (χ2n) is 4.92. The van der Waals surface area contributed by atoms with Gasteiger partial charge in [0.1, 0.15) is 6.29 Å². The van der Waals surface area contributed by atoms with Crippen LogP contribution in [0, 0.1) is 0 Å². The van der Waals surface area contributed by atoms with E-state index in [1.165, 1.54) is 51.4 Å². The van der Waals surface area contributed by atoms with Gasteiger partial charge in [-0.05, 0) is 19.3 Å². The normalized spacial score (nSPS) is 27.1. The number of aldehydes is 1. The van der Waals surface area contributed by atoms with E-state index in [2.05, 4.69) is 6.92 Å². The Morgan fingerprint density at radius 2 is 1.88 bits per heavy atom. The van der Waals surface area contributed by atoms with Gasteiger partial charge in [-0.1, -0.05) is 45.4 Å². The van der Waals surface area contributed by atoms with E-state index in [4.69, 9.17) is 4.74 Å². The van der Waals surface area contributed by atoms with E-state index in [-0.39, 0.29) is 6.10 Å². The van der Waals surface area contributed by atoms with Crippen molar-refractivity contribution in [1.82, 2.24) is 0 Å². The summed E-state index contributed by atoms with van der Waals surface area (Å²) in [5.41, 5.74) is 0. The van der Waals surface area contributed by atoms with E-state index in [9.17, 15) is 4.79 Å². The minimum Gasteiger partial charge on any atom is -0.375 e. The average Bonchev–Trinajstić information content (AvgIpc) is 2.24. The van der Waals surface area contributed by atoms with Crippen LogP contribution in [0.5, 0.6) is 0 Å². The summed E-state index contributed by atoms with van der Waals surface area (Å²) in [6, 6.07) is 0. The highest BCUT2D eigenvalue weighted by molar-refractivity contribution is 5.50. The van der Waals surface area contributed by atoms with Crippen molar-refractivity contribution in [2.45, 2.75) is 83.3 Å². The first-order chi connectivity index (χ1) is 7.86. The lowest BCUT2D eigenvalue weighted by Gasteiger charge is -2.26. The molecule has 0 aromatic heterocycles. The van der Waals surface area contributed by atoms with E-state index in [1.54, 1.807) is 0 Å². The van der Waals surface area contributed by atoms with E-state index in [1.807, 2.05) is 0 Å². The highest BCUT2D eigenvalue weighted by Gasteiger charge is 2.18. The number of carbonyl (C=O) groups is 1. The zero-order chi connectivity index (χ0) is 11.6. The fourth-order valence-corrected chi connectivity index (χ4v) is 2.44. The third-order valence-corrected chi connectivity index (χ3v) is 3.43. The van der Waals surface area contributed by atoms with Gasteiger partial charge in [-0.15, -0.1) is 0 Å². The van der Waals surface area contributed by atoms with Gasteiger partial charge in [-0.2, -0.15) is 0 Å². The topological polar surface area (TPSA) is 26.3 Å². The summed E-state index contributed by atoms with van der Waals surface area (Å²) in [6.45, 7) is 2.23. The zero-order valence-electron chi connectivity index (χ0n) is 10.6. The summed E-state index contributed by atoms with van der Waals surface area (Å²) in [4.78, 5) is 10.6. The molecule has 2 heteroatoms. The molecule has 2 atom stereocenters. The van der Waals surface area contributed by atoms with Gasteiger partial charge in [0.15, 0.2) is 0 Å². The Morgan fingerprint density at radius 1 is 1.12 bits per heavy atom. The highest BCUT2D eigenvalue weighted by atomic mass is 16.5. The quantitative estimate of drug-likeness (QED) is 0.507. The van der Waals surface area contributed by atoms with Crippen molar-refractivity contribution in [2.75, 3.05) is 0 Å². The molecule has 0 unspecified atom stereocenters. The fourth-order valence-electron chi connectivity index (χ4n) is 2.44. The van der Waals surface area contributed by atoms with Crippen LogP contribution >= 0.6 is 0 Å². The van der Waals surface area contributed by atoms with Gasteiger partial charge in [0.25, 0.3) is 0 Å². The van der Waals surface area contributed by atoms with Crippen molar-refractivity contribution >= 4 is 6.29 Å². The van der Waals surface area contributed by atoms with Gasteiger partial charge in [-0.25, -0.2) is 0 Å². The number of hydrogen-bond donors (Lipinski definition) is 0. The molecule has 0 N–H and O–H groups in total. The monoisotopic (exact) mass is 226 g/mol. The summed E-state index contributed by atoms with van der Waals surface area (Å²) in [5.74, 6) is 0. The maximum absolute atomic E-state index is 10.6. The zero-order valence-corrected chi connectivity index (χ0v) is 10.6. The van der Waals surface area contributed by atoms with Crippen LogP contribution in [0.4, 0.5) is 0 Å². The molecule has 1 saturated heterocycles. The number of hydrogen-bond acceptors (Lipinski definition) is 2. The lowest BCUT2D eigenvalue weighted by Crippen LogP contribution is -2.24. The fraction of sp³-hybridized carbons (Fsp3) is 0.929. The molecular weight excluding hydrogens is 200 g/mol. The van der Waals surface area contributed by atoms with Gasteiger partial charge in [0.05, 0.1) is 12.2 Å². The minimum absolute atomic E-state index is 0.199. The van der Waals surface area contributed by atoms with Crippen LogP contribution in [0.15, 0.2) is 0 Å². The summed E-state index contributed by atoms with van der Waals surface area (Å²) in [7, 11) is 0. The minimum atomic E-state index is 0.199. The molecule has 1 rings (SSSR count). The van der Waals surface area contributed by atoms with Crippen LogP contribution in [0.3, 0.4) is 0 Å². The van der Waals surface area contributed by atoms with Crippen molar-refractivity contribution < 1.29 is 9.53 Å². The first kappa shape index (κ1) is 13.7. The van der Waals surface area contributed by atoms with E-state index in [0.29, 0.717) is 12.5 Å². The Morgan fingerprint density at radius 3 is 2.56 bits per heavy atom. The predicted octanol–water partition coefficient (Wildman–Crippen LogP) is 3.87. The van der Waals surface area contributed by atoms with Gasteiger partial charge >= 0.3 is 0 Å². The molecule has 94 valence electrons. The first-order valence-electron chi connectivity index (χ1n) is 6.96. The molecule has 2 nitrogen and oxygen atoms in total. The molecule has 1 aliphatic rings. The molecule has 16 heavy (non-hydrogen) atoms. The van der Waals surface area contributed by atoms with E-state index < -0.39 is 0 Å². The first-order valence-corrected chi connectivity index (χ1v) is 6.96. The van der Waals surface area contributed by atoms with Gasteiger partial charge < -0.3 is 9.53 Å². The molecule has 0 aromatic rings. The molecule has 1 heterocycles. The molecule has 0 saturated carbocycles. The summed E-state index contributed by atoms with van der Waals surface area (Å²) < 4.78 is 6.05. The van der Waals surface area contributed by atoms with Crippen LogP contribution in [0.2, 0.25) is 0 Å². The molecule has 0 aromatic carbocycles. The summed E-state index contributed by atoms with van der Waals surface area (Å²) >= 11 is 0. The maximum atomic E-state index is 10.6. The van der Waals surface area contributed by atoms with Crippen LogP contribution in [0.1, 0.15) is 71.1 Å². The molecule has 0 spiro atoms. The van der Waals surface area contributed by atoms with Crippen LogP contribution < -0.4 is 0 Å². The second kappa shape index (κ2) is 8.74. The third-order valence-electron chi connectivity index (χ3n) is 3.43. The average molecular weight is 226 g/mol. The predicted molar refractivity (Wildman–Crippen MR) is 66.6 cm³/mol. The smallest absolute Gasteiger partial charge is 0.122 e. The SMILES string of the molecule is CCCCC[C@@H]1CCCCC[C@@H](CC=O)O1. The van der Waals surface area contributed by atoms with Gasteiger partial charge in [0, 0.05) is 6.42 Å². The van der Waals surface area contributed by atoms with E-state index >= 15 is 0 Å². The standard InChI is InChI=1S/C14H26O2/c1-2-3-5-8-13-9-6-4-7-10-14(16-13)11-12-15/h12-14H,2-11H2,1H3/t13-,14+/m1/s1. The summed E-state index contributed by atoms with van der Waals surface area (Å²) in [6.07, 6.45) is 13.3. The summed E-state index contributed by atoms with van der Waals surface area (Å²) in [5, 5.41) is 0. The van der Waals surface area contributed by atoms with Gasteiger partial charge in [0.2, 0.25) is 0 Å². The Balaban J connectivity index is 2.30. The van der Waals surface area contributed by atoms with E-state index in [0.717, 1.165) is 12.7 Å². The van der Waals surface area contributed by atoms with Gasteiger partial charge in [-0.3, -0.25) is 0 Å².